The largest absolute Gasteiger partial charge is 0.316 e. The number of rotatable bonds is 4. The first-order valence-electron chi connectivity index (χ1n) is 5.55. The maximum Gasteiger partial charge on any atom is -0.00180 e. The summed E-state index contributed by atoms with van der Waals surface area (Å²) in [6.45, 7) is 7.20. The molecule has 0 saturated carbocycles. The van der Waals surface area contributed by atoms with Crippen LogP contribution >= 0.6 is 0 Å². The molecule has 2 unspecified atom stereocenters. The van der Waals surface area contributed by atoms with Gasteiger partial charge in [-0.1, -0.05) is 33.1 Å². The van der Waals surface area contributed by atoms with Gasteiger partial charge in [0.05, 0.1) is 0 Å². The first-order chi connectivity index (χ1) is 5.84. The molecule has 1 fully saturated rings. The van der Waals surface area contributed by atoms with Gasteiger partial charge in [0.25, 0.3) is 0 Å². The molecule has 0 aromatic rings. The lowest BCUT2D eigenvalue weighted by atomic mass is 9.84. The molecule has 0 aliphatic carbocycles. The Labute approximate surface area is 76.9 Å². The van der Waals surface area contributed by atoms with E-state index in [1.54, 1.807) is 0 Å². The van der Waals surface area contributed by atoms with E-state index in [-0.39, 0.29) is 0 Å². The van der Waals surface area contributed by atoms with Gasteiger partial charge in [-0.3, -0.25) is 0 Å². The molecule has 0 radical (unpaired) electrons. The standard InChI is InChI=1S/C11H23N/c1-3-4-5-6-11-9-12-8-7-10(11)2/h10-12H,3-9H2,1-2H3. The molecule has 0 bridgehead atoms. The average molecular weight is 169 g/mol. The van der Waals surface area contributed by atoms with Crippen molar-refractivity contribution in [3.8, 4) is 0 Å². The van der Waals surface area contributed by atoms with Gasteiger partial charge >= 0.3 is 0 Å². The monoisotopic (exact) mass is 169 g/mol. The summed E-state index contributed by atoms with van der Waals surface area (Å²) in [5.74, 6) is 1.92. The number of hydrogen-bond donors (Lipinski definition) is 1. The Balaban J connectivity index is 2.11. The highest BCUT2D eigenvalue weighted by molar-refractivity contribution is 4.74. The fourth-order valence-electron chi connectivity index (χ4n) is 2.10. The zero-order valence-corrected chi connectivity index (χ0v) is 8.60. The maximum absolute atomic E-state index is 3.49. The minimum absolute atomic E-state index is 0.961. The second kappa shape index (κ2) is 5.58. The third-order valence-corrected chi connectivity index (χ3v) is 3.17. The lowest BCUT2D eigenvalue weighted by molar-refractivity contribution is 0.253. The SMILES string of the molecule is CCCCCC1CNCCC1C. The topological polar surface area (TPSA) is 12.0 Å². The van der Waals surface area contributed by atoms with E-state index in [1.165, 1.54) is 45.2 Å². The van der Waals surface area contributed by atoms with Crippen LogP contribution in [-0.4, -0.2) is 13.1 Å². The normalized spacial score (nSPS) is 30.5. The third-order valence-electron chi connectivity index (χ3n) is 3.17. The zero-order chi connectivity index (χ0) is 8.81. The molecule has 1 heteroatoms. The van der Waals surface area contributed by atoms with Crippen LogP contribution < -0.4 is 5.32 Å². The molecule has 1 nitrogen and oxygen atoms in total. The van der Waals surface area contributed by atoms with Gasteiger partial charge in [-0.25, -0.2) is 0 Å². The molecule has 0 spiro atoms. The van der Waals surface area contributed by atoms with Crippen LogP contribution in [0.15, 0.2) is 0 Å². The van der Waals surface area contributed by atoms with Crippen molar-refractivity contribution in [3.05, 3.63) is 0 Å². The number of nitrogens with one attached hydrogen (secondary N) is 1. The van der Waals surface area contributed by atoms with E-state index in [0.29, 0.717) is 0 Å². The predicted octanol–water partition coefficient (Wildman–Crippen LogP) is 2.81. The molecule has 1 rings (SSSR count). The third kappa shape index (κ3) is 3.14. The molecule has 1 saturated heterocycles. The highest BCUT2D eigenvalue weighted by Crippen LogP contribution is 2.23. The van der Waals surface area contributed by atoms with E-state index in [4.69, 9.17) is 0 Å². The molecular weight excluding hydrogens is 146 g/mol. The summed E-state index contributed by atoms with van der Waals surface area (Å²) in [4.78, 5) is 0. The minimum atomic E-state index is 0.961. The van der Waals surface area contributed by atoms with Crippen molar-refractivity contribution in [2.45, 2.75) is 46.0 Å². The van der Waals surface area contributed by atoms with Gasteiger partial charge in [0.2, 0.25) is 0 Å². The Morgan fingerprint density at radius 1 is 1.33 bits per heavy atom. The van der Waals surface area contributed by atoms with Crippen LogP contribution in [0.2, 0.25) is 0 Å². The lowest BCUT2D eigenvalue weighted by Gasteiger charge is -2.29. The molecule has 2 atom stereocenters. The second-order valence-corrected chi connectivity index (χ2v) is 4.23. The lowest BCUT2D eigenvalue weighted by Crippen LogP contribution is -2.35. The van der Waals surface area contributed by atoms with Crippen LogP contribution in [0.3, 0.4) is 0 Å². The Morgan fingerprint density at radius 3 is 2.83 bits per heavy atom. The van der Waals surface area contributed by atoms with Crippen LogP contribution in [0.25, 0.3) is 0 Å². The Hall–Kier alpha value is -0.0400. The Kier molecular flexibility index (Phi) is 4.67. The van der Waals surface area contributed by atoms with Crippen LogP contribution in [0, 0.1) is 11.8 Å². The maximum atomic E-state index is 3.49. The molecule has 1 aliphatic rings. The molecule has 1 N–H and O–H groups in total. The van der Waals surface area contributed by atoms with Crippen LogP contribution in [0.4, 0.5) is 0 Å². The highest BCUT2D eigenvalue weighted by atomic mass is 14.9. The zero-order valence-electron chi connectivity index (χ0n) is 8.60. The number of piperidine rings is 1. The van der Waals surface area contributed by atoms with Crippen LogP contribution in [0.1, 0.15) is 46.0 Å². The molecule has 0 amide bonds. The molecule has 72 valence electrons. The first-order valence-corrected chi connectivity index (χ1v) is 5.55. The summed E-state index contributed by atoms with van der Waals surface area (Å²) >= 11 is 0. The Morgan fingerprint density at radius 2 is 2.17 bits per heavy atom. The van der Waals surface area contributed by atoms with Crippen molar-refractivity contribution in [2.75, 3.05) is 13.1 Å². The fraction of sp³-hybridized carbons (Fsp3) is 1.00. The van der Waals surface area contributed by atoms with Gasteiger partial charge in [-0.2, -0.15) is 0 Å². The smallest absolute Gasteiger partial charge is 0.00180 e. The van der Waals surface area contributed by atoms with Gasteiger partial charge in [0, 0.05) is 0 Å². The van der Waals surface area contributed by atoms with Crippen LogP contribution in [0.5, 0.6) is 0 Å². The van der Waals surface area contributed by atoms with E-state index >= 15 is 0 Å². The predicted molar refractivity (Wildman–Crippen MR) is 54.3 cm³/mol. The summed E-state index contributed by atoms with van der Waals surface area (Å²) in [5.41, 5.74) is 0. The quantitative estimate of drug-likeness (QED) is 0.638. The van der Waals surface area contributed by atoms with E-state index in [1.807, 2.05) is 0 Å². The van der Waals surface area contributed by atoms with Crippen molar-refractivity contribution in [1.29, 1.82) is 0 Å². The summed E-state index contributed by atoms with van der Waals surface area (Å²) < 4.78 is 0. The van der Waals surface area contributed by atoms with Crippen molar-refractivity contribution in [2.24, 2.45) is 11.8 Å². The van der Waals surface area contributed by atoms with Gasteiger partial charge in [-0.05, 0) is 37.8 Å². The molecule has 12 heavy (non-hydrogen) atoms. The first kappa shape index (κ1) is 10.0. The van der Waals surface area contributed by atoms with E-state index in [0.717, 1.165) is 11.8 Å². The average Bonchev–Trinajstić information content (AvgIpc) is 2.09. The number of unbranched alkanes of at least 4 members (excludes halogenated alkanes) is 2. The summed E-state index contributed by atoms with van der Waals surface area (Å²) in [7, 11) is 0. The van der Waals surface area contributed by atoms with Crippen molar-refractivity contribution in [1.82, 2.24) is 5.32 Å². The molecule has 0 aromatic carbocycles. The minimum Gasteiger partial charge on any atom is -0.316 e. The number of hydrogen-bond acceptors (Lipinski definition) is 1. The second-order valence-electron chi connectivity index (χ2n) is 4.23. The summed E-state index contributed by atoms with van der Waals surface area (Å²) in [6, 6.07) is 0. The Bertz CT molecular complexity index is 112. The van der Waals surface area contributed by atoms with E-state index < -0.39 is 0 Å². The molecular formula is C11H23N. The fourth-order valence-corrected chi connectivity index (χ4v) is 2.10. The van der Waals surface area contributed by atoms with E-state index in [2.05, 4.69) is 19.2 Å². The molecule has 1 heterocycles. The van der Waals surface area contributed by atoms with E-state index in [9.17, 15) is 0 Å². The van der Waals surface area contributed by atoms with Gasteiger partial charge in [0.15, 0.2) is 0 Å². The van der Waals surface area contributed by atoms with Crippen molar-refractivity contribution in [3.63, 3.8) is 0 Å². The summed E-state index contributed by atoms with van der Waals surface area (Å²) in [5, 5.41) is 3.49. The highest BCUT2D eigenvalue weighted by Gasteiger charge is 2.19. The molecule has 1 aliphatic heterocycles. The van der Waals surface area contributed by atoms with Crippen molar-refractivity contribution >= 4 is 0 Å². The van der Waals surface area contributed by atoms with Crippen LogP contribution in [-0.2, 0) is 0 Å². The van der Waals surface area contributed by atoms with Gasteiger partial charge in [-0.15, -0.1) is 0 Å². The van der Waals surface area contributed by atoms with Gasteiger partial charge < -0.3 is 5.32 Å². The summed E-state index contributed by atoms with van der Waals surface area (Å²) in [6.07, 6.45) is 7.05. The van der Waals surface area contributed by atoms with Crippen molar-refractivity contribution < 1.29 is 0 Å². The van der Waals surface area contributed by atoms with Gasteiger partial charge in [0.1, 0.15) is 0 Å². The molecule has 0 aromatic heterocycles.